The Morgan fingerprint density at radius 3 is 2.60 bits per heavy atom. The van der Waals surface area contributed by atoms with E-state index in [0.29, 0.717) is 6.61 Å². The molecular formula is C16H19NO3. The molecule has 0 aliphatic carbocycles. The van der Waals surface area contributed by atoms with Crippen LogP contribution in [0, 0.1) is 0 Å². The van der Waals surface area contributed by atoms with Crippen LogP contribution in [0.2, 0.25) is 0 Å². The highest BCUT2D eigenvalue weighted by molar-refractivity contribution is 5.84. The topological polar surface area (TPSA) is 61.5 Å². The lowest BCUT2D eigenvalue weighted by Gasteiger charge is -2.12. The Balaban J connectivity index is 2.20. The van der Waals surface area contributed by atoms with Crippen LogP contribution in [0.1, 0.15) is 24.9 Å². The molecule has 0 saturated carbocycles. The third kappa shape index (κ3) is 3.27. The average molecular weight is 273 g/mol. The Kier molecular flexibility index (Phi) is 4.58. The molecule has 0 amide bonds. The summed E-state index contributed by atoms with van der Waals surface area (Å²) in [5.74, 6) is 0.552. The number of methoxy groups -OCH3 is 1. The van der Waals surface area contributed by atoms with Crippen molar-refractivity contribution in [2.75, 3.05) is 13.7 Å². The van der Waals surface area contributed by atoms with Crippen LogP contribution < -0.4 is 10.5 Å². The average Bonchev–Trinajstić information content (AvgIpc) is 2.46. The van der Waals surface area contributed by atoms with E-state index in [-0.39, 0.29) is 18.4 Å². The molecule has 0 aliphatic heterocycles. The number of esters is 1. The van der Waals surface area contributed by atoms with Crippen LogP contribution in [0.25, 0.3) is 10.8 Å². The van der Waals surface area contributed by atoms with E-state index in [4.69, 9.17) is 15.2 Å². The van der Waals surface area contributed by atoms with E-state index in [2.05, 4.69) is 0 Å². The largest absolute Gasteiger partial charge is 0.497 e. The second-order valence-electron chi connectivity index (χ2n) is 4.59. The number of ether oxygens (including phenoxy) is 2. The Labute approximate surface area is 118 Å². The second-order valence-corrected chi connectivity index (χ2v) is 4.59. The lowest BCUT2D eigenvalue weighted by molar-refractivity contribution is -0.143. The number of nitrogens with two attached hydrogens (primary N) is 1. The maximum Gasteiger partial charge on any atom is 0.307 e. The molecule has 4 nitrogen and oxygen atoms in total. The highest BCUT2D eigenvalue weighted by Gasteiger charge is 2.12. The first-order valence-corrected chi connectivity index (χ1v) is 6.63. The molecule has 1 atom stereocenters. The third-order valence-electron chi connectivity index (χ3n) is 3.19. The van der Waals surface area contributed by atoms with E-state index in [1.165, 1.54) is 0 Å². The maximum absolute atomic E-state index is 11.5. The van der Waals surface area contributed by atoms with Gasteiger partial charge in [0.25, 0.3) is 0 Å². The number of hydrogen-bond donors (Lipinski definition) is 1. The van der Waals surface area contributed by atoms with Gasteiger partial charge in [0.05, 0.1) is 20.1 Å². The van der Waals surface area contributed by atoms with Gasteiger partial charge in [0, 0.05) is 6.04 Å². The fourth-order valence-corrected chi connectivity index (χ4v) is 2.12. The lowest BCUT2D eigenvalue weighted by Crippen LogP contribution is -2.17. The molecule has 2 aromatic carbocycles. The number of rotatable bonds is 5. The van der Waals surface area contributed by atoms with Crippen LogP contribution in [0.15, 0.2) is 36.4 Å². The highest BCUT2D eigenvalue weighted by Crippen LogP contribution is 2.24. The molecule has 2 rings (SSSR count). The van der Waals surface area contributed by atoms with Crippen molar-refractivity contribution in [3.05, 3.63) is 42.0 Å². The Hall–Kier alpha value is -2.07. The molecule has 0 aliphatic rings. The van der Waals surface area contributed by atoms with Gasteiger partial charge in [0.2, 0.25) is 0 Å². The van der Waals surface area contributed by atoms with Gasteiger partial charge < -0.3 is 15.2 Å². The first-order valence-electron chi connectivity index (χ1n) is 6.63. The minimum absolute atomic E-state index is 0.190. The van der Waals surface area contributed by atoms with Gasteiger partial charge in [-0.2, -0.15) is 0 Å². The summed E-state index contributed by atoms with van der Waals surface area (Å²) in [4.78, 5) is 11.5. The van der Waals surface area contributed by atoms with Gasteiger partial charge in [0.1, 0.15) is 5.75 Å². The number of hydrogen-bond acceptors (Lipinski definition) is 4. The van der Waals surface area contributed by atoms with Gasteiger partial charge in [0.15, 0.2) is 0 Å². The minimum Gasteiger partial charge on any atom is -0.497 e. The predicted octanol–water partition coefficient (Wildman–Crippen LogP) is 2.80. The van der Waals surface area contributed by atoms with Crippen LogP contribution in [0.4, 0.5) is 0 Å². The summed E-state index contributed by atoms with van der Waals surface area (Å²) in [6, 6.07) is 11.4. The number of fused-ring (bicyclic) bond motifs is 1. The van der Waals surface area contributed by atoms with E-state index in [0.717, 1.165) is 22.1 Å². The maximum atomic E-state index is 11.5. The fourth-order valence-electron chi connectivity index (χ4n) is 2.12. The van der Waals surface area contributed by atoms with E-state index in [1.807, 2.05) is 36.4 Å². The van der Waals surface area contributed by atoms with E-state index in [1.54, 1.807) is 14.0 Å². The van der Waals surface area contributed by atoms with Crippen LogP contribution in [-0.4, -0.2) is 19.7 Å². The van der Waals surface area contributed by atoms with Crippen molar-refractivity contribution in [3.63, 3.8) is 0 Å². The molecule has 0 aromatic heterocycles. The molecule has 2 aromatic rings. The summed E-state index contributed by atoms with van der Waals surface area (Å²) in [5.41, 5.74) is 6.97. The van der Waals surface area contributed by atoms with Crippen LogP contribution >= 0.6 is 0 Å². The lowest BCUT2D eigenvalue weighted by atomic mass is 10.0. The first kappa shape index (κ1) is 14.3. The number of carbonyl (C=O) groups excluding carboxylic acids is 1. The zero-order chi connectivity index (χ0) is 14.5. The molecule has 0 heterocycles. The quantitative estimate of drug-likeness (QED) is 0.851. The molecule has 0 fully saturated rings. The van der Waals surface area contributed by atoms with Crippen LogP contribution in [0.3, 0.4) is 0 Å². The van der Waals surface area contributed by atoms with Crippen molar-refractivity contribution in [1.29, 1.82) is 0 Å². The van der Waals surface area contributed by atoms with Gasteiger partial charge in [-0.3, -0.25) is 4.79 Å². The van der Waals surface area contributed by atoms with Crippen molar-refractivity contribution in [3.8, 4) is 5.75 Å². The van der Waals surface area contributed by atoms with Crippen LogP contribution in [-0.2, 0) is 9.53 Å². The second kappa shape index (κ2) is 6.39. The fraction of sp³-hybridized carbons (Fsp3) is 0.312. The Morgan fingerprint density at radius 2 is 1.90 bits per heavy atom. The van der Waals surface area contributed by atoms with Gasteiger partial charge in [-0.1, -0.05) is 18.2 Å². The molecule has 4 heteroatoms. The van der Waals surface area contributed by atoms with Gasteiger partial charge >= 0.3 is 5.97 Å². The predicted molar refractivity (Wildman–Crippen MR) is 78.7 cm³/mol. The first-order chi connectivity index (χ1) is 9.63. The Bertz CT molecular complexity index is 610. The van der Waals surface area contributed by atoms with E-state index >= 15 is 0 Å². The van der Waals surface area contributed by atoms with E-state index in [9.17, 15) is 4.79 Å². The molecule has 20 heavy (non-hydrogen) atoms. The zero-order valence-electron chi connectivity index (χ0n) is 11.8. The SMILES string of the molecule is CCOC(=O)CC(N)c1ccc2cc(OC)ccc2c1. The standard InChI is InChI=1S/C16H19NO3/c1-3-20-16(18)10-15(17)13-5-4-12-9-14(19-2)7-6-11(12)8-13/h4-9,15H,3,10,17H2,1-2H3. The summed E-state index contributed by atoms with van der Waals surface area (Å²) >= 11 is 0. The molecular weight excluding hydrogens is 254 g/mol. The Morgan fingerprint density at radius 1 is 1.20 bits per heavy atom. The summed E-state index contributed by atoms with van der Waals surface area (Å²) in [6.07, 6.45) is 0.190. The summed E-state index contributed by atoms with van der Waals surface area (Å²) < 4.78 is 10.1. The van der Waals surface area contributed by atoms with Gasteiger partial charge in [-0.15, -0.1) is 0 Å². The normalized spacial score (nSPS) is 12.2. The monoisotopic (exact) mass is 273 g/mol. The van der Waals surface area contributed by atoms with Crippen molar-refractivity contribution in [1.82, 2.24) is 0 Å². The van der Waals surface area contributed by atoms with Crippen molar-refractivity contribution in [2.45, 2.75) is 19.4 Å². The molecule has 0 spiro atoms. The molecule has 106 valence electrons. The molecule has 0 saturated heterocycles. The zero-order valence-corrected chi connectivity index (χ0v) is 11.8. The van der Waals surface area contributed by atoms with Gasteiger partial charge in [-0.05, 0) is 41.5 Å². The molecule has 1 unspecified atom stereocenters. The number of benzene rings is 2. The molecule has 0 radical (unpaired) electrons. The molecule has 2 N–H and O–H groups in total. The van der Waals surface area contributed by atoms with Gasteiger partial charge in [-0.25, -0.2) is 0 Å². The van der Waals surface area contributed by atoms with Crippen molar-refractivity contribution in [2.24, 2.45) is 5.73 Å². The summed E-state index contributed by atoms with van der Waals surface area (Å²) in [7, 11) is 1.64. The summed E-state index contributed by atoms with van der Waals surface area (Å²) in [5, 5.41) is 2.15. The van der Waals surface area contributed by atoms with Crippen molar-refractivity contribution >= 4 is 16.7 Å². The third-order valence-corrected chi connectivity index (χ3v) is 3.19. The summed E-state index contributed by atoms with van der Waals surface area (Å²) in [6.45, 7) is 2.16. The highest BCUT2D eigenvalue weighted by atomic mass is 16.5. The smallest absolute Gasteiger partial charge is 0.307 e. The van der Waals surface area contributed by atoms with Crippen LogP contribution in [0.5, 0.6) is 5.75 Å². The van der Waals surface area contributed by atoms with Crippen molar-refractivity contribution < 1.29 is 14.3 Å². The number of carbonyl (C=O) groups is 1. The molecule has 0 bridgehead atoms. The minimum atomic E-state index is -0.347. The van der Waals surface area contributed by atoms with E-state index < -0.39 is 0 Å².